The number of aryl methyl sites for hydroxylation is 2. The van der Waals surface area contributed by atoms with Crippen molar-refractivity contribution in [1.82, 2.24) is 9.78 Å². The fourth-order valence-corrected chi connectivity index (χ4v) is 2.28. The summed E-state index contributed by atoms with van der Waals surface area (Å²) in [4.78, 5) is 10.8. The van der Waals surface area contributed by atoms with Crippen LogP contribution in [0.3, 0.4) is 0 Å². The molecule has 5 heteroatoms. The molecule has 0 aliphatic carbocycles. The Morgan fingerprint density at radius 1 is 1.29 bits per heavy atom. The van der Waals surface area contributed by atoms with Crippen molar-refractivity contribution >= 4 is 5.97 Å². The first-order valence-corrected chi connectivity index (χ1v) is 7.00. The molecule has 0 fully saturated rings. The number of aromatic nitrogens is 2. The number of carboxylic acid groups (broad SMARTS) is 1. The van der Waals surface area contributed by atoms with Crippen LogP contribution in [0, 0.1) is 13.8 Å². The Bertz CT molecular complexity index is 605. The zero-order chi connectivity index (χ0) is 15.2. The predicted octanol–water partition coefficient (Wildman–Crippen LogP) is 2.60. The van der Waals surface area contributed by atoms with E-state index in [4.69, 9.17) is 9.84 Å². The quantitative estimate of drug-likeness (QED) is 0.795. The van der Waals surface area contributed by atoms with Crippen molar-refractivity contribution in [2.45, 2.75) is 33.2 Å². The highest BCUT2D eigenvalue weighted by atomic mass is 16.5. The van der Waals surface area contributed by atoms with Crippen molar-refractivity contribution in [2.75, 3.05) is 6.61 Å². The minimum Gasteiger partial charge on any atom is -0.494 e. The molecule has 0 unspecified atom stereocenters. The molecule has 0 aliphatic heterocycles. The Kier molecular flexibility index (Phi) is 4.98. The van der Waals surface area contributed by atoms with Crippen LogP contribution in [-0.2, 0) is 17.8 Å². The summed E-state index contributed by atoms with van der Waals surface area (Å²) >= 11 is 0. The van der Waals surface area contributed by atoms with Gasteiger partial charge in [-0.15, -0.1) is 0 Å². The fraction of sp³-hybridized carbons (Fsp3) is 0.375. The highest BCUT2D eigenvalue weighted by Gasteiger charge is 2.13. The van der Waals surface area contributed by atoms with E-state index >= 15 is 0 Å². The number of ether oxygens (including phenoxy) is 1. The molecule has 21 heavy (non-hydrogen) atoms. The number of rotatable bonds is 7. The van der Waals surface area contributed by atoms with E-state index < -0.39 is 5.97 Å². The Morgan fingerprint density at radius 3 is 2.67 bits per heavy atom. The van der Waals surface area contributed by atoms with Crippen LogP contribution >= 0.6 is 0 Å². The largest absolute Gasteiger partial charge is 0.494 e. The molecule has 0 amide bonds. The number of hydrogen-bond acceptors (Lipinski definition) is 3. The highest BCUT2D eigenvalue weighted by molar-refractivity contribution is 5.70. The summed E-state index contributed by atoms with van der Waals surface area (Å²) < 4.78 is 7.50. The Morgan fingerprint density at radius 2 is 2.00 bits per heavy atom. The van der Waals surface area contributed by atoms with E-state index in [-0.39, 0.29) is 6.42 Å². The van der Waals surface area contributed by atoms with Crippen LogP contribution in [0.5, 0.6) is 5.75 Å². The zero-order valence-corrected chi connectivity index (χ0v) is 12.4. The fourth-order valence-electron chi connectivity index (χ4n) is 2.28. The van der Waals surface area contributed by atoms with Crippen LogP contribution in [0.25, 0.3) is 0 Å². The molecule has 0 bridgehead atoms. The van der Waals surface area contributed by atoms with Gasteiger partial charge in [-0.1, -0.05) is 18.2 Å². The van der Waals surface area contributed by atoms with E-state index in [2.05, 4.69) is 5.10 Å². The summed E-state index contributed by atoms with van der Waals surface area (Å²) in [6, 6.07) is 9.68. The van der Waals surface area contributed by atoms with Gasteiger partial charge in [0.05, 0.1) is 18.7 Å². The lowest BCUT2D eigenvalue weighted by atomic mass is 10.1. The molecule has 1 heterocycles. The van der Waals surface area contributed by atoms with E-state index in [1.807, 2.05) is 48.9 Å². The summed E-state index contributed by atoms with van der Waals surface area (Å²) in [5.74, 6) is 0.0330. The lowest BCUT2D eigenvalue weighted by Crippen LogP contribution is -2.08. The number of carboxylic acids is 1. The molecule has 1 N–H and O–H groups in total. The lowest BCUT2D eigenvalue weighted by molar-refractivity contribution is -0.136. The first kappa shape index (κ1) is 15.1. The molecule has 0 saturated carbocycles. The van der Waals surface area contributed by atoms with Gasteiger partial charge >= 0.3 is 5.97 Å². The van der Waals surface area contributed by atoms with Gasteiger partial charge < -0.3 is 9.84 Å². The van der Waals surface area contributed by atoms with Crippen molar-refractivity contribution < 1.29 is 14.6 Å². The highest BCUT2D eigenvalue weighted by Crippen LogP contribution is 2.14. The average molecular weight is 288 g/mol. The van der Waals surface area contributed by atoms with E-state index in [9.17, 15) is 4.79 Å². The summed E-state index contributed by atoms with van der Waals surface area (Å²) in [6.45, 7) is 5.09. The standard InChI is InChI=1S/C16H20N2O3/c1-12-15(11-16(19)20)13(2)18(17-12)9-6-10-21-14-7-4-3-5-8-14/h3-5,7-8H,6,9-11H2,1-2H3,(H,19,20). The third kappa shape index (κ3) is 4.08. The van der Waals surface area contributed by atoms with Gasteiger partial charge in [0.2, 0.25) is 0 Å². The van der Waals surface area contributed by atoms with Gasteiger partial charge in [-0.05, 0) is 26.0 Å². The summed E-state index contributed by atoms with van der Waals surface area (Å²) in [6.07, 6.45) is 0.849. The molecule has 1 aromatic carbocycles. The number of para-hydroxylation sites is 1. The molecular formula is C16H20N2O3. The van der Waals surface area contributed by atoms with E-state index in [0.29, 0.717) is 6.61 Å². The third-order valence-corrected chi connectivity index (χ3v) is 3.39. The molecular weight excluding hydrogens is 268 g/mol. The van der Waals surface area contributed by atoms with Crippen LogP contribution in [0.15, 0.2) is 30.3 Å². The number of aliphatic carboxylic acids is 1. The van der Waals surface area contributed by atoms with Crippen LogP contribution in [0.4, 0.5) is 0 Å². The molecule has 2 rings (SSSR count). The van der Waals surface area contributed by atoms with Crippen molar-refractivity contribution in [2.24, 2.45) is 0 Å². The van der Waals surface area contributed by atoms with E-state index in [0.717, 1.165) is 35.7 Å². The number of hydrogen-bond donors (Lipinski definition) is 1. The molecule has 2 aromatic rings. The second-order valence-electron chi connectivity index (χ2n) is 4.96. The van der Waals surface area contributed by atoms with Gasteiger partial charge in [-0.2, -0.15) is 5.10 Å². The van der Waals surface area contributed by atoms with Crippen molar-refractivity contribution in [3.63, 3.8) is 0 Å². The molecule has 0 saturated heterocycles. The van der Waals surface area contributed by atoms with Gasteiger partial charge in [-0.25, -0.2) is 0 Å². The first-order chi connectivity index (χ1) is 10.1. The van der Waals surface area contributed by atoms with E-state index in [1.54, 1.807) is 0 Å². The number of nitrogens with zero attached hydrogens (tertiary/aromatic N) is 2. The number of carbonyl (C=O) groups is 1. The van der Waals surface area contributed by atoms with Crippen LogP contribution in [0.1, 0.15) is 23.4 Å². The topological polar surface area (TPSA) is 64.4 Å². The maximum absolute atomic E-state index is 10.8. The molecule has 112 valence electrons. The minimum atomic E-state index is -0.826. The number of benzene rings is 1. The predicted molar refractivity (Wildman–Crippen MR) is 79.6 cm³/mol. The molecule has 0 spiro atoms. The molecule has 0 aliphatic rings. The zero-order valence-electron chi connectivity index (χ0n) is 12.4. The molecule has 5 nitrogen and oxygen atoms in total. The van der Waals surface area contributed by atoms with Gasteiger partial charge in [0, 0.05) is 24.2 Å². The Hall–Kier alpha value is -2.30. The van der Waals surface area contributed by atoms with Crippen molar-refractivity contribution in [1.29, 1.82) is 0 Å². The monoisotopic (exact) mass is 288 g/mol. The summed E-state index contributed by atoms with van der Waals surface area (Å²) in [5, 5.41) is 13.3. The smallest absolute Gasteiger partial charge is 0.307 e. The lowest BCUT2D eigenvalue weighted by Gasteiger charge is -2.07. The summed E-state index contributed by atoms with van der Waals surface area (Å²) in [7, 11) is 0. The second kappa shape index (κ2) is 6.92. The van der Waals surface area contributed by atoms with Gasteiger partial charge in [0.25, 0.3) is 0 Å². The van der Waals surface area contributed by atoms with Crippen LogP contribution < -0.4 is 4.74 Å². The second-order valence-corrected chi connectivity index (χ2v) is 4.96. The van der Waals surface area contributed by atoms with Gasteiger partial charge in [0.1, 0.15) is 5.75 Å². The SMILES string of the molecule is Cc1nn(CCCOc2ccccc2)c(C)c1CC(=O)O. The van der Waals surface area contributed by atoms with Gasteiger partial charge in [0.15, 0.2) is 0 Å². The van der Waals surface area contributed by atoms with Crippen molar-refractivity contribution in [3.8, 4) is 5.75 Å². The maximum atomic E-state index is 10.8. The summed E-state index contributed by atoms with van der Waals surface area (Å²) in [5.41, 5.74) is 2.53. The first-order valence-electron chi connectivity index (χ1n) is 7.00. The Balaban J connectivity index is 1.87. The molecule has 0 radical (unpaired) electrons. The maximum Gasteiger partial charge on any atom is 0.307 e. The van der Waals surface area contributed by atoms with Gasteiger partial charge in [-0.3, -0.25) is 9.48 Å². The molecule has 1 aromatic heterocycles. The van der Waals surface area contributed by atoms with E-state index in [1.165, 1.54) is 0 Å². The third-order valence-electron chi connectivity index (χ3n) is 3.39. The van der Waals surface area contributed by atoms with Crippen molar-refractivity contribution in [3.05, 3.63) is 47.3 Å². The van der Waals surface area contributed by atoms with Crippen LogP contribution in [0.2, 0.25) is 0 Å². The molecule has 0 atom stereocenters. The minimum absolute atomic E-state index is 0.0260. The average Bonchev–Trinajstić information content (AvgIpc) is 2.72. The normalized spacial score (nSPS) is 10.6. The Labute approximate surface area is 124 Å². The van der Waals surface area contributed by atoms with Crippen LogP contribution in [-0.4, -0.2) is 27.5 Å².